The number of nitrogens with zero attached hydrogens (tertiary/aromatic N) is 2. The fourth-order valence-electron chi connectivity index (χ4n) is 1.21. The van der Waals surface area contributed by atoms with E-state index in [2.05, 4.69) is 4.79 Å². The number of sulfone groups is 1. The Kier molecular flexibility index (Phi) is 3.94. The molecule has 1 aromatic rings. The van der Waals surface area contributed by atoms with Gasteiger partial charge < -0.3 is 10.3 Å². The van der Waals surface area contributed by atoms with Gasteiger partial charge in [-0.25, -0.2) is 8.42 Å². The minimum atomic E-state index is -3.92. The highest BCUT2D eigenvalue weighted by atomic mass is 32.2. The van der Waals surface area contributed by atoms with Crippen molar-refractivity contribution in [2.75, 3.05) is 0 Å². The van der Waals surface area contributed by atoms with Crippen LogP contribution in [0.25, 0.3) is 5.53 Å². The quantitative estimate of drug-likeness (QED) is 0.339. The summed E-state index contributed by atoms with van der Waals surface area (Å²) >= 11 is 0. The average molecular weight is 268 g/mol. The van der Waals surface area contributed by atoms with Gasteiger partial charge in [0.1, 0.15) is 5.60 Å². The second kappa shape index (κ2) is 4.92. The molecule has 0 aliphatic rings. The Morgan fingerprint density at radius 2 is 1.72 bits per heavy atom. The van der Waals surface area contributed by atoms with Gasteiger partial charge in [-0.3, -0.25) is 0 Å². The van der Waals surface area contributed by atoms with Gasteiger partial charge in [0.05, 0.1) is 4.90 Å². The SMILES string of the molecule is Cc1ccc(S(=O)(=O)C(=[N+]=[N-])OC(C)(C)C)cc1. The maximum atomic E-state index is 12.1. The molecular weight excluding hydrogens is 252 g/mol. The number of aryl methyl sites for hydroxylation is 1. The summed E-state index contributed by atoms with van der Waals surface area (Å²) in [4.78, 5) is 2.78. The Morgan fingerprint density at radius 3 is 2.11 bits per heavy atom. The van der Waals surface area contributed by atoms with E-state index in [1.54, 1.807) is 32.9 Å². The minimum Gasteiger partial charge on any atom is -0.418 e. The molecule has 0 aliphatic heterocycles. The van der Waals surface area contributed by atoms with E-state index in [0.717, 1.165) is 5.56 Å². The van der Waals surface area contributed by atoms with Crippen LogP contribution in [0.15, 0.2) is 29.2 Å². The molecule has 0 heterocycles. The van der Waals surface area contributed by atoms with Crippen LogP contribution in [0, 0.1) is 6.92 Å². The lowest BCUT2D eigenvalue weighted by atomic mass is 10.2. The van der Waals surface area contributed by atoms with Gasteiger partial charge in [-0.05, 0) is 39.8 Å². The lowest BCUT2D eigenvalue weighted by Crippen LogP contribution is -2.30. The molecule has 0 spiro atoms. The average Bonchev–Trinajstić information content (AvgIpc) is 2.25. The van der Waals surface area contributed by atoms with Gasteiger partial charge in [-0.2, -0.15) is 0 Å². The molecular formula is C12H16N2O3S. The molecule has 0 fully saturated rings. The molecule has 18 heavy (non-hydrogen) atoms. The Bertz CT molecular complexity index is 577. The van der Waals surface area contributed by atoms with Gasteiger partial charge >= 0.3 is 15.1 Å². The molecule has 0 atom stereocenters. The number of hydrogen-bond acceptors (Lipinski definition) is 3. The molecule has 1 rings (SSSR count). The van der Waals surface area contributed by atoms with Crippen molar-refractivity contribution in [1.29, 1.82) is 0 Å². The zero-order chi connectivity index (χ0) is 14.0. The molecule has 0 bridgehead atoms. The summed E-state index contributed by atoms with van der Waals surface area (Å²) in [5.41, 5.74) is 9.00. The van der Waals surface area contributed by atoms with Crippen LogP contribution < -0.4 is 0 Å². The normalized spacial score (nSPS) is 11.8. The van der Waals surface area contributed by atoms with E-state index in [9.17, 15) is 8.42 Å². The van der Waals surface area contributed by atoms with Gasteiger partial charge in [0.25, 0.3) is 0 Å². The van der Waals surface area contributed by atoms with Gasteiger partial charge in [-0.15, -0.1) is 4.79 Å². The fraction of sp³-hybridized carbons (Fsp3) is 0.417. The molecule has 0 unspecified atom stereocenters. The number of rotatable bonds is 1. The van der Waals surface area contributed by atoms with Crippen LogP contribution in [0.3, 0.4) is 0 Å². The van der Waals surface area contributed by atoms with Crippen molar-refractivity contribution >= 4 is 15.1 Å². The molecule has 98 valence electrons. The highest BCUT2D eigenvalue weighted by Gasteiger charge is 2.36. The molecule has 0 saturated carbocycles. The Labute approximate surface area is 107 Å². The molecule has 1 aromatic carbocycles. The molecule has 0 saturated heterocycles. The second-order valence-corrected chi connectivity index (χ2v) is 6.72. The minimum absolute atomic E-state index is 0.0325. The van der Waals surface area contributed by atoms with Crippen molar-refractivity contribution in [2.45, 2.75) is 38.2 Å². The largest absolute Gasteiger partial charge is 0.575 e. The predicted octanol–water partition coefficient (Wildman–Crippen LogP) is 2.17. The third kappa shape index (κ3) is 3.42. The third-order valence-corrected chi connectivity index (χ3v) is 3.55. The first kappa shape index (κ1) is 14.4. The summed E-state index contributed by atoms with van der Waals surface area (Å²) in [6.07, 6.45) is 0. The fourth-order valence-corrected chi connectivity index (χ4v) is 2.37. The summed E-state index contributed by atoms with van der Waals surface area (Å²) in [6, 6.07) is 6.22. The molecule has 0 aromatic heterocycles. The van der Waals surface area contributed by atoms with Crippen molar-refractivity contribution in [3.05, 3.63) is 35.4 Å². The molecule has 6 heteroatoms. The van der Waals surface area contributed by atoms with Crippen molar-refractivity contribution in [3.63, 3.8) is 0 Å². The zero-order valence-electron chi connectivity index (χ0n) is 10.8. The number of ether oxygens (including phenoxy) is 1. The van der Waals surface area contributed by atoms with E-state index < -0.39 is 20.7 Å². The Morgan fingerprint density at radius 1 is 1.22 bits per heavy atom. The lowest BCUT2D eigenvalue weighted by molar-refractivity contribution is -0.0539. The maximum absolute atomic E-state index is 12.1. The monoisotopic (exact) mass is 268 g/mol. The van der Waals surface area contributed by atoms with Gasteiger partial charge in [0, 0.05) is 0 Å². The van der Waals surface area contributed by atoms with Crippen molar-refractivity contribution in [1.82, 2.24) is 0 Å². The summed E-state index contributed by atoms with van der Waals surface area (Å²) < 4.78 is 29.4. The van der Waals surface area contributed by atoms with Crippen LogP contribution in [0.2, 0.25) is 0 Å². The molecule has 5 nitrogen and oxygen atoms in total. The first-order valence-electron chi connectivity index (χ1n) is 5.39. The maximum Gasteiger partial charge on any atom is 0.575 e. The van der Waals surface area contributed by atoms with Crippen LogP contribution in [0.5, 0.6) is 0 Å². The van der Waals surface area contributed by atoms with Crippen molar-refractivity contribution in [3.8, 4) is 0 Å². The van der Waals surface area contributed by atoms with Crippen molar-refractivity contribution < 1.29 is 17.9 Å². The molecule has 0 amide bonds. The first-order chi connectivity index (χ1) is 8.16. The highest BCUT2D eigenvalue weighted by molar-refractivity contribution is 8.05. The topological polar surface area (TPSA) is 79.8 Å². The summed E-state index contributed by atoms with van der Waals surface area (Å²) in [5, 5.41) is -0.696. The van der Waals surface area contributed by atoms with Crippen LogP contribution in [-0.4, -0.2) is 24.0 Å². The lowest BCUT2D eigenvalue weighted by Gasteiger charge is -2.16. The van der Waals surface area contributed by atoms with Gasteiger partial charge in [0.2, 0.25) is 0 Å². The highest BCUT2D eigenvalue weighted by Crippen LogP contribution is 2.17. The molecule has 0 aliphatic carbocycles. The van der Waals surface area contributed by atoms with E-state index in [1.807, 2.05) is 6.92 Å². The van der Waals surface area contributed by atoms with E-state index >= 15 is 0 Å². The second-order valence-electron chi connectivity index (χ2n) is 4.90. The summed E-state index contributed by atoms with van der Waals surface area (Å²) in [5.74, 6) is 0. The standard InChI is InChI=1S/C12H16N2O3S/c1-9-5-7-10(8-6-9)18(15,16)11(14-13)17-12(2,3)4/h5-8H,1-4H3. The van der Waals surface area contributed by atoms with Crippen LogP contribution >= 0.6 is 0 Å². The Balaban J connectivity index is 3.21. The predicted molar refractivity (Wildman–Crippen MR) is 67.8 cm³/mol. The molecule has 0 N–H and O–H groups in total. The van der Waals surface area contributed by atoms with Gasteiger partial charge in [0.15, 0.2) is 0 Å². The Hall–Kier alpha value is -1.65. The van der Waals surface area contributed by atoms with Crippen LogP contribution in [-0.2, 0) is 14.6 Å². The third-order valence-electron chi connectivity index (χ3n) is 2.04. The van der Waals surface area contributed by atoms with E-state index in [0.29, 0.717) is 0 Å². The van der Waals surface area contributed by atoms with Crippen LogP contribution in [0.4, 0.5) is 0 Å². The van der Waals surface area contributed by atoms with Gasteiger partial charge in [-0.1, -0.05) is 17.7 Å². The zero-order valence-corrected chi connectivity index (χ0v) is 11.7. The summed E-state index contributed by atoms with van der Waals surface area (Å²) in [6.45, 7) is 6.86. The van der Waals surface area contributed by atoms with E-state index in [-0.39, 0.29) is 4.90 Å². The molecule has 0 radical (unpaired) electrons. The van der Waals surface area contributed by atoms with Crippen LogP contribution in [0.1, 0.15) is 26.3 Å². The smallest absolute Gasteiger partial charge is 0.418 e. The number of benzene rings is 1. The first-order valence-corrected chi connectivity index (χ1v) is 6.88. The van der Waals surface area contributed by atoms with E-state index in [1.165, 1.54) is 12.1 Å². The van der Waals surface area contributed by atoms with Crippen molar-refractivity contribution in [2.24, 2.45) is 0 Å². The number of hydrogen-bond donors (Lipinski definition) is 0. The summed E-state index contributed by atoms with van der Waals surface area (Å²) in [7, 11) is -3.92. The van der Waals surface area contributed by atoms with E-state index in [4.69, 9.17) is 10.3 Å².